The van der Waals surface area contributed by atoms with Crippen molar-refractivity contribution in [1.29, 1.82) is 0 Å². The van der Waals surface area contributed by atoms with E-state index in [2.05, 4.69) is 5.32 Å². The van der Waals surface area contributed by atoms with Crippen molar-refractivity contribution in [2.75, 3.05) is 25.7 Å². The van der Waals surface area contributed by atoms with Gasteiger partial charge in [0, 0.05) is 13.5 Å². The fourth-order valence-corrected chi connectivity index (χ4v) is 2.48. The Bertz CT molecular complexity index is 890. The van der Waals surface area contributed by atoms with Gasteiger partial charge < -0.3 is 19.7 Å². The van der Waals surface area contributed by atoms with Crippen LogP contribution in [0.25, 0.3) is 0 Å². The Morgan fingerprint density at radius 3 is 2.29 bits per heavy atom. The van der Waals surface area contributed by atoms with Gasteiger partial charge in [-0.2, -0.15) is 0 Å². The molecule has 0 aliphatic carbocycles. The third-order valence-corrected chi connectivity index (χ3v) is 3.93. The Morgan fingerprint density at radius 1 is 1.00 bits per heavy atom. The van der Waals surface area contributed by atoms with Gasteiger partial charge in [-0.15, -0.1) is 0 Å². The second-order valence-corrected chi connectivity index (χ2v) is 5.77. The molecule has 2 aromatic rings. The second kappa shape index (κ2) is 9.12. The van der Waals surface area contributed by atoms with Crippen molar-refractivity contribution < 1.29 is 32.2 Å². The Labute approximate surface area is 159 Å². The van der Waals surface area contributed by atoms with E-state index in [9.17, 15) is 22.8 Å². The number of ether oxygens (including phenoxy) is 2. The van der Waals surface area contributed by atoms with Crippen LogP contribution in [0.4, 0.5) is 18.9 Å². The van der Waals surface area contributed by atoms with Gasteiger partial charge in [0.15, 0.2) is 29.0 Å². The fraction of sp³-hybridized carbons (Fsp3) is 0.263. The molecular weight excluding hydrogens is 377 g/mol. The predicted molar refractivity (Wildman–Crippen MR) is 95.7 cm³/mol. The summed E-state index contributed by atoms with van der Waals surface area (Å²) in [5.74, 6) is -4.96. The van der Waals surface area contributed by atoms with Gasteiger partial charge in [0.25, 0.3) is 0 Å². The SMILES string of the molecule is COc1ccc(CNC(=O)CN(C(C)=O)c2ccc(F)c(F)c2F)cc1OC. The Balaban J connectivity index is 2.10. The molecule has 0 radical (unpaired) electrons. The van der Waals surface area contributed by atoms with Crippen LogP contribution in [-0.2, 0) is 16.1 Å². The summed E-state index contributed by atoms with van der Waals surface area (Å²) in [7, 11) is 2.97. The van der Waals surface area contributed by atoms with E-state index < -0.39 is 41.5 Å². The number of methoxy groups -OCH3 is 2. The molecule has 2 aromatic carbocycles. The molecule has 0 atom stereocenters. The molecule has 0 fully saturated rings. The van der Waals surface area contributed by atoms with Crippen molar-refractivity contribution in [2.45, 2.75) is 13.5 Å². The lowest BCUT2D eigenvalue weighted by Gasteiger charge is -2.21. The highest BCUT2D eigenvalue weighted by atomic mass is 19.2. The number of halogens is 3. The maximum absolute atomic E-state index is 14.0. The maximum atomic E-state index is 14.0. The van der Waals surface area contributed by atoms with E-state index in [0.717, 1.165) is 17.9 Å². The Kier molecular flexibility index (Phi) is 6.86. The number of nitrogens with zero attached hydrogens (tertiary/aromatic N) is 1. The van der Waals surface area contributed by atoms with Gasteiger partial charge in [0.1, 0.15) is 6.54 Å². The molecule has 9 heteroatoms. The molecule has 0 unspecified atom stereocenters. The molecule has 0 aromatic heterocycles. The van der Waals surface area contributed by atoms with Crippen molar-refractivity contribution in [2.24, 2.45) is 0 Å². The summed E-state index contributed by atoms with van der Waals surface area (Å²) in [6.07, 6.45) is 0. The molecule has 0 spiro atoms. The quantitative estimate of drug-likeness (QED) is 0.731. The van der Waals surface area contributed by atoms with Gasteiger partial charge in [0.05, 0.1) is 19.9 Å². The van der Waals surface area contributed by atoms with Crippen LogP contribution in [0.5, 0.6) is 11.5 Å². The van der Waals surface area contributed by atoms with E-state index in [1.165, 1.54) is 14.2 Å². The predicted octanol–water partition coefficient (Wildman–Crippen LogP) is 2.79. The highest BCUT2D eigenvalue weighted by Gasteiger charge is 2.23. The largest absolute Gasteiger partial charge is 0.493 e. The highest BCUT2D eigenvalue weighted by molar-refractivity contribution is 5.97. The number of anilines is 1. The van der Waals surface area contributed by atoms with Gasteiger partial charge in [-0.1, -0.05) is 6.07 Å². The van der Waals surface area contributed by atoms with Gasteiger partial charge in [0.2, 0.25) is 11.8 Å². The van der Waals surface area contributed by atoms with Gasteiger partial charge in [-0.05, 0) is 29.8 Å². The lowest BCUT2D eigenvalue weighted by molar-refractivity contribution is -0.123. The minimum Gasteiger partial charge on any atom is -0.493 e. The molecule has 0 saturated heterocycles. The average Bonchev–Trinajstić information content (AvgIpc) is 2.68. The molecule has 1 N–H and O–H groups in total. The number of benzene rings is 2. The van der Waals surface area contributed by atoms with Crippen LogP contribution < -0.4 is 19.7 Å². The van der Waals surface area contributed by atoms with Crippen molar-refractivity contribution in [3.05, 3.63) is 53.3 Å². The van der Waals surface area contributed by atoms with Crippen molar-refractivity contribution in [1.82, 2.24) is 5.32 Å². The van der Waals surface area contributed by atoms with Crippen LogP contribution in [0.15, 0.2) is 30.3 Å². The maximum Gasteiger partial charge on any atom is 0.240 e. The molecule has 0 bridgehead atoms. The van der Waals surface area contributed by atoms with Crippen LogP contribution in [0, 0.1) is 17.5 Å². The van der Waals surface area contributed by atoms with Crippen LogP contribution in [0.3, 0.4) is 0 Å². The first kappa shape index (κ1) is 21.1. The van der Waals surface area contributed by atoms with Crippen LogP contribution >= 0.6 is 0 Å². The third-order valence-electron chi connectivity index (χ3n) is 3.93. The monoisotopic (exact) mass is 396 g/mol. The van der Waals surface area contributed by atoms with Crippen molar-refractivity contribution in [3.8, 4) is 11.5 Å². The van der Waals surface area contributed by atoms with Crippen molar-refractivity contribution >= 4 is 17.5 Å². The standard InChI is InChI=1S/C19H19F3N2O4/c1-11(25)24(14-6-5-13(20)18(21)19(14)22)10-17(26)23-9-12-4-7-15(27-2)16(8-12)28-3/h4-8H,9-10H2,1-3H3,(H,23,26). The summed E-state index contributed by atoms with van der Waals surface area (Å²) < 4.78 is 50.8. The minimum atomic E-state index is -1.71. The molecule has 0 heterocycles. The van der Waals surface area contributed by atoms with Gasteiger partial charge >= 0.3 is 0 Å². The first-order chi connectivity index (χ1) is 13.3. The van der Waals surface area contributed by atoms with E-state index in [0.29, 0.717) is 23.1 Å². The van der Waals surface area contributed by atoms with E-state index in [1.807, 2.05) is 0 Å². The summed E-state index contributed by atoms with van der Waals surface area (Å²) >= 11 is 0. The number of amides is 2. The summed E-state index contributed by atoms with van der Waals surface area (Å²) in [4.78, 5) is 24.7. The highest BCUT2D eigenvalue weighted by Crippen LogP contribution is 2.27. The first-order valence-electron chi connectivity index (χ1n) is 8.17. The molecule has 0 aliphatic rings. The summed E-state index contributed by atoms with van der Waals surface area (Å²) in [6.45, 7) is 0.623. The first-order valence-corrected chi connectivity index (χ1v) is 8.17. The zero-order valence-electron chi connectivity index (χ0n) is 15.5. The second-order valence-electron chi connectivity index (χ2n) is 5.77. The van der Waals surface area contributed by atoms with Crippen LogP contribution in [-0.4, -0.2) is 32.6 Å². The third kappa shape index (κ3) is 4.73. The smallest absolute Gasteiger partial charge is 0.240 e. The summed E-state index contributed by atoms with van der Waals surface area (Å²) in [5, 5.41) is 2.57. The zero-order valence-corrected chi connectivity index (χ0v) is 15.5. The van der Waals surface area contributed by atoms with Crippen molar-refractivity contribution in [3.63, 3.8) is 0 Å². The van der Waals surface area contributed by atoms with Crippen LogP contribution in [0.1, 0.15) is 12.5 Å². The van der Waals surface area contributed by atoms with E-state index in [-0.39, 0.29) is 6.54 Å². The zero-order chi connectivity index (χ0) is 20.8. The number of carbonyl (C=O) groups excluding carboxylic acids is 2. The molecule has 2 amide bonds. The average molecular weight is 396 g/mol. The lowest BCUT2D eigenvalue weighted by Crippen LogP contribution is -2.40. The van der Waals surface area contributed by atoms with E-state index in [1.54, 1.807) is 18.2 Å². The normalized spacial score (nSPS) is 10.4. The van der Waals surface area contributed by atoms with Gasteiger partial charge in [-0.3, -0.25) is 9.59 Å². The van der Waals surface area contributed by atoms with Crippen LogP contribution in [0.2, 0.25) is 0 Å². The fourth-order valence-electron chi connectivity index (χ4n) is 2.48. The minimum absolute atomic E-state index is 0.102. The summed E-state index contributed by atoms with van der Waals surface area (Å²) in [6, 6.07) is 6.62. The molecule has 0 aliphatic heterocycles. The molecule has 28 heavy (non-hydrogen) atoms. The molecule has 2 rings (SSSR count). The topological polar surface area (TPSA) is 67.9 Å². The number of rotatable bonds is 7. The molecular formula is C19H19F3N2O4. The number of hydrogen-bond donors (Lipinski definition) is 1. The number of nitrogens with one attached hydrogen (secondary N) is 1. The Morgan fingerprint density at radius 2 is 1.68 bits per heavy atom. The summed E-state index contributed by atoms with van der Waals surface area (Å²) in [5.41, 5.74) is 0.173. The molecule has 0 saturated carbocycles. The number of carbonyl (C=O) groups is 2. The van der Waals surface area contributed by atoms with Gasteiger partial charge in [-0.25, -0.2) is 13.2 Å². The number of hydrogen-bond acceptors (Lipinski definition) is 4. The van der Waals surface area contributed by atoms with E-state index in [4.69, 9.17) is 9.47 Å². The molecule has 6 nitrogen and oxygen atoms in total. The lowest BCUT2D eigenvalue weighted by atomic mass is 10.2. The Hall–Kier alpha value is -3.23. The molecule has 150 valence electrons. The van der Waals surface area contributed by atoms with E-state index >= 15 is 0 Å².